The molecule has 0 bridgehead atoms. The monoisotopic (exact) mass is 278 g/mol. The molecular weight excluding hydrogens is 260 g/mol. The molecule has 18 heavy (non-hydrogen) atoms. The minimum Gasteiger partial charge on any atom is -1.00 e. The van der Waals surface area contributed by atoms with E-state index in [1.807, 2.05) is 20.8 Å². The quantitative estimate of drug-likeness (QED) is 0.655. The first kappa shape index (κ1) is 17.4. The van der Waals surface area contributed by atoms with E-state index < -0.39 is 17.9 Å². The van der Waals surface area contributed by atoms with E-state index in [-0.39, 0.29) is 51.6 Å². The maximum atomic E-state index is 10.8. The van der Waals surface area contributed by atoms with Gasteiger partial charge in [0.15, 0.2) is 5.92 Å². The Balaban J connectivity index is -0.000000963. The summed E-state index contributed by atoms with van der Waals surface area (Å²) in [7, 11) is 0. The Morgan fingerprint density at radius 2 is 1.44 bits per heavy atom. The van der Waals surface area contributed by atoms with Gasteiger partial charge in [-0.15, -0.1) is 0 Å². The molecule has 0 saturated heterocycles. The molecule has 0 heterocycles. The number of carboxylic acids is 2. The number of aliphatic carboxylic acids is 2. The van der Waals surface area contributed by atoms with Gasteiger partial charge in [-0.25, -0.2) is 0 Å². The van der Waals surface area contributed by atoms with Gasteiger partial charge in [-0.05, 0) is 16.5 Å². The Kier molecular flexibility index (Phi) is 6.34. The van der Waals surface area contributed by atoms with E-state index in [2.05, 4.69) is 0 Å². The summed E-state index contributed by atoms with van der Waals surface area (Å²) in [6.45, 7) is 6.11. The number of hydrogen-bond acceptors (Lipinski definition) is 2. The van der Waals surface area contributed by atoms with Gasteiger partial charge in [0.05, 0.1) is 0 Å². The first-order valence-electron chi connectivity index (χ1n) is 5.29. The van der Waals surface area contributed by atoms with Crippen molar-refractivity contribution in [2.24, 2.45) is 0 Å². The number of carbonyl (C=O) groups is 2. The van der Waals surface area contributed by atoms with Gasteiger partial charge in [0.25, 0.3) is 0 Å². The first-order valence-corrected chi connectivity index (χ1v) is 5.29. The smallest absolute Gasteiger partial charge is 1.00 e. The summed E-state index contributed by atoms with van der Waals surface area (Å²) in [4.78, 5) is 21.7. The zero-order valence-electron chi connectivity index (χ0n) is 12.8. The number of carboxylic acid groups (broad SMARTS) is 2. The van der Waals surface area contributed by atoms with Crippen molar-refractivity contribution < 1.29 is 22.7 Å². The van der Waals surface area contributed by atoms with Gasteiger partial charge in [0.1, 0.15) is 0 Å². The minimum atomic E-state index is -1.50. The Labute approximate surface area is 139 Å². The molecule has 0 saturated carbocycles. The number of rotatable bonds is 3. The molecule has 0 aliphatic heterocycles. The molecule has 0 aliphatic rings. The maximum absolute atomic E-state index is 10.8. The summed E-state index contributed by atoms with van der Waals surface area (Å²) in [5.41, 5.74) is 1.29. The van der Waals surface area contributed by atoms with E-state index >= 15 is 0 Å². The van der Waals surface area contributed by atoms with Crippen LogP contribution in [-0.4, -0.2) is 59.9 Å². The van der Waals surface area contributed by atoms with Gasteiger partial charge in [-0.2, -0.15) is 0 Å². The molecule has 0 spiro atoms. The molecule has 0 aromatic heterocycles. The van der Waals surface area contributed by atoms with Crippen molar-refractivity contribution in [3.63, 3.8) is 0 Å². The average molecular weight is 278 g/mol. The number of hydrogen-bond donors (Lipinski definition) is 2. The Morgan fingerprint density at radius 1 is 1.06 bits per heavy atom. The Bertz CT molecular complexity index is 427. The second-order valence-electron chi connectivity index (χ2n) is 4.98. The van der Waals surface area contributed by atoms with E-state index in [1.54, 1.807) is 24.3 Å². The third-order valence-corrected chi connectivity index (χ3v) is 2.60. The van der Waals surface area contributed by atoms with Gasteiger partial charge in [0, 0.05) is 0 Å². The molecule has 1 aromatic rings. The molecule has 0 atom stereocenters. The van der Waals surface area contributed by atoms with Gasteiger partial charge in [0.2, 0.25) is 0 Å². The van der Waals surface area contributed by atoms with Crippen LogP contribution in [0.15, 0.2) is 24.3 Å². The summed E-state index contributed by atoms with van der Waals surface area (Å²) in [6, 6.07) is 6.67. The first-order chi connectivity index (χ1) is 7.73. The fraction of sp³-hybridized carbons (Fsp3) is 0.385. The number of benzene rings is 1. The maximum Gasteiger partial charge on any atom is 2.00 e. The largest absolute Gasteiger partial charge is 2.00 e. The van der Waals surface area contributed by atoms with Crippen molar-refractivity contribution in [3.8, 4) is 0 Å². The Hall–Kier alpha value is -0.580. The zero-order chi connectivity index (χ0) is 13.2. The second kappa shape index (κ2) is 6.55. The molecule has 5 heteroatoms. The third kappa shape index (κ3) is 4.26. The zero-order valence-corrected chi connectivity index (χ0v) is 13.0. The standard InChI is InChI=1S/C13H16O4.Ca.2H/c1-13(2,3)9-6-4-8(5-7-9)10(11(14)15)12(16)17;;;/h4-7,10H,1-3H3,(H,14,15)(H,16,17);;;/q;+2;2*-1. The van der Waals surface area contributed by atoms with Crippen molar-refractivity contribution in [2.45, 2.75) is 32.1 Å². The van der Waals surface area contributed by atoms with Crippen LogP contribution in [0, 0.1) is 0 Å². The fourth-order valence-corrected chi connectivity index (χ4v) is 1.57. The molecular formula is C13H18CaO4. The SMILES string of the molecule is CC(C)(C)c1ccc(C(C(=O)O)C(=O)O)cc1.[Ca+2].[H-].[H-]. The molecule has 0 unspecified atom stereocenters. The molecule has 4 nitrogen and oxygen atoms in total. The summed E-state index contributed by atoms with van der Waals surface area (Å²) in [6.07, 6.45) is 0. The summed E-state index contributed by atoms with van der Waals surface area (Å²) < 4.78 is 0. The van der Waals surface area contributed by atoms with Crippen molar-refractivity contribution in [2.75, 3.05) is 0 Å². The normalized spacial score (nSPS) is 10.9. The van der Waals surface area contributed by atoms with Gasteiger partial charge >= 0.3 is 49.7 Å². The van der Waals surface area contributed by atoms with Gasteiger partial charge in [-0.3, -0.25) is 9.59 Å². The van der Waals surface area contributed by atoms with E-state index in [4.69, 9.17) is 10.2 Å². The van der Waals surface area contributed by atoms with Crippen LogP contribution in [0.5, 0.6) is 0 Å². The van der Waals surface area contributed by atoms with E-state index in [0.717, 1.165) is 5.56 Å². The van der Waals surface area contributed by atoms with Crippen molar-refractivity contribution in [1.82, 2.24) is 0 Å². The van der Waals surface area contributed by atoms with Crippen LogP contribution in [0.25, 0.3) is 0 Å². The van der Waals surface area contributed by atoms with Crippen LogP contribution in [0.4, 0.5) is 0 Å². The van der Waals surface area contributed by atoms with Crippen LogP contribution < -0.4 is 0 Å². The Morgan fingerprint density at radius 3 is 1.72 bits per heavy atom. The van der Waals surface area contributed by atoms with E-state index in [1.165, 1.54) is 0 Å². The molecule has 2 N–H and O–H groups in total. The van der Waals surface area contributed by atoms with Gasteiger partial charge < -0.3 is 13.1 Å². The van der Waals surface area contributed by atoms with Crippen molar-refractivity contribution in [1.29, 1.82) is 0 Å². The second-order valence-corrected chi connectivity index (χ2v) is 4.98. The third-order valence-electron chi connectivity index (χ3n) is 2.60. The van der Waals surface area contributed by atoms with Crippen LogP contribution in [0.3, 0.4) is 0 Å². The topological polar surface area (TPSA) is 74.6 Å². The van der Waals surface area contributed by atoms with Gasteiger partial charge in [-0.1, -0.05) is 45.0 Å². The molecule has 96 valence electrons. The summed E-state index contributed by atoms with van der Waals surface area (Å²) in [5.74, 6) is -4.19. The molecule has 0 fully saturated rings. The predicted octanol–water partition coefficient (Wildman–Crippen LogP) is 2.08. The fourth-order valence-electron chi connectivity index (χ4n) is 1.57. The summed E-state index contributed by atoms with van der Waals surface area (Å²) >= 11 is 0. The van der Waals surface area contributed by atoms with Crippen molar-refractivity contribution >= 4 is 49.7 Å². The molecule has 0 aliphatic carbocycles. The predicted molar refractivity (Wildman–Crippen MR) is 71.1 cm³/mol. The average Bonchev–Trinajstić information content (AvgIpc) is 2.15. The van der Waals surface area contributed by atoms with Crippen LogP contribution in [0.2, 0.25) is 0 Å². The van der Waals surface area contributed by atoms with Crippen molar-refractivity contribution in [3.05, 3.63) is 35.4 Å². The molecule has 0 radical (unpaired) electrons. The minimum absolute atomic E-state index is 0. The molecule has 0 amide bonds. The molecule has 1 aromatic carbocycles. The van der Waals surface area contributed by atoms with Crippen LogP contribution in [-0.2, 0) is 15.0 Å². The van der Waals surface area contributed by atoms with Crippen LogP contribution in [0.1, 0.15) is 40.7 Å². The summed E-state index contributed by atoms with van der Waals surface area (Å²) in [5, 5.41) is 17.7. The van der Waals surface area contributed by atoms with E-state index in [0.29, 0.717) is 0 Å². The van der Waals surface area contributed by atoms with Crippen LogP contribution >= 0.6 is 0 Å². The van der Waals surface area contributed by atoms with E-state index in [9.17, 15) is 9.59 Å². The molecule has 1 rings (SSSR count).